The molecule has 0 saturated heterocycles. The van der Waals surface area contributed by atoms with Crippen molar-refractivity contribution in [3.05, 3.63) is 24.3 Å². The van der Waals surface area contributed by atoms with Crippen LogP contribution in [0.15, 0.2) is 34.1 Å². The van der Waals surface area contributed by atoms with Gasteiger partial charge in [0.15, 0.2) is 0 Å². The molecule has 0 spiro atoms. The Labute approximate surface area is 84.1 Å². The molecule has 0 heterocycles. The zero-order valence-corrected chi connectivity index (χ0v) is 8.33. The number of rotatable bonds is 1. The van der Waals surface area contributed by atoms with Gasteiger partial charge in [0.05, 0.1) is 4.90 Å². The van der Waals surface area contributed by atoms with Crippen molar-refractivity contribution in [3.63, 3.8) is 0 Å². The van der Waals surface area contributed by atoms with Crippen molar-refractivity contribution in [1.29, 1.82) is 0 Å². The summed E-state index contributed by atoms with van der Waals surface area (Å²) in [6.07, 6.45) is 0. The van der Waals surface area contributed by atoms with Gasteiger partial charge >= 0.3 is 5.51 Å². The first-order valence-corrected chi connectivity index (χ1v) is 5.28. The third-order valence-electron chi connectivity index (χ3n) is 1.45. The van der Waals surface area contributed by atoms with E-state index in [2.05, 4.69) is 12.6 Å². The molecule has 1 aromatic carbocycles. The normalized spacial score (nSPS) is 12.9. The maximum absolute atomic E-state index is 12.0. The molecule has 14 heavy (non-hydrogen) atoms. The zero-order valence-electron chi connectivity index (χ0n) is 6.62. The van der Waals surface area contributed by atoms with Gasteiger partial charge in [-0.25, -0.2) is 8.42 Å². The lowest BCUT2D eigenvalue weighted by molar-refractivity contribution is -0.0436. The average molecular weight is 242 g/mol. The summed E-state index contributed by atoms with van der Waals surface area (Å²) in [5, 5.41) is 0. The van der Waals surface area contributed by atoms with E-state index in [-0.39, 0.29) is 0 Å². The predicted octanol–water partition coefficient (Wildman–Crippen LogP) is 2.27. The topological polar surface area (TPSA) is 34.1 Å². The highest BCUT2D eigenvalue weighted by atomic mass is 32.2. The summed E-state index contributed by atoms with van der Waals surface area (Å²) in [6.45, 7) is 0. The first-order valence-electron chi connectivity index (χ1n) is 3.35. The van der Waals surface area contributed by atoms with Crippen LogP contribution in [0.5, 0.6) is 0 Å². The van der Waals surface area contributed by atoms with Gasteiger partial charge in [-0.05, 0) is 24.3 Å². The minimum Gasteiger partial charge on any atom is -0.214 e. The van der Waals surface area contributed by atoms with E-state index in [1.807, 2.05) is 0 Å². The first-order chi connectivity index (χ1) is 6.25. The molecule has 78 valence electrons. The monoisotopic (exact) mass is 242 g/mol. The van der Waals surface area contributed by atoms with E-state index in [0.29, 0.717) is 4.90 Å². The smallest absolute Gasteiger partial charge is 0.214 e. The second kappa shape index (κ2) is 3.47. The molecule has 1 aromatic rings. The van der Waals surface area contributed by atoms with Crippen LogP contribution in [0.1, 0.15) is 0 Å². The maximum Gasteiger partial charge on any atom is 0.501 e. The fraction of sp³-hybridized carbons (Fsp3) is 0.143. The lowest BCUT2D eigenvalue weighted by Crippen LogP contribution is -2.23. The molecular formula is C7H5F3O2S2. The van der Waals surface area contributed by atoms with Crippen LogP contribution in [-0.2, 0) is 9.84 Å². The van der Waals surface area contributed by atoms with E-state index in [1.54, 1.807) is 0 Å². The zero-order chi connectivity index (χ0) is 11.0. The van der Waals surface area contributed by atoms with Gasteiger partial charge in [-0.2, -0.15) is 13.2 Å². The van der Waals surface area contributed by atoms with Crippen molar-refractivity contribution in [2.75, 3.05) is 0 Å². The number of alkyl halides is 3. The van der Waals surface area contributed by atoms with E-state index in [9.17, 15) is 21.6 Å². The fourth-order valence-corrected chi connectivity index (χ4v) is 1.67. The second-order valence-electron chi connectivity index (χ2n) is 2.44. The van der Waals surface area contributed by atoms with Crippen LogP contribution in [0.4, 0.5) is 13.2 Å². The Hall–Kier alpha value is -0.690. The Kier molecular flexibility index (Phi) is 2.82. The van der Waals surface area contributed by atoms with E-state index >= 15 is 0 Å². The molecule has 0 N–H and O–H groups in total. The van der Waals surface area contributed by atoms with Crippen LogP contribution in [0, 0.1) is 0 Å². The Morgan fingerprint density at radius 1 is 1.07 bits per heavy atom. The number of sulfone groups is 1. The molecule has 0 aromatic heterocycles. The van der Waals surface area contributed by atoms with Gasteiger partial charge in [0.1, 0.15) is 0 Å². The summed E-state index contributed by atoms with van der Waals surface area (Å²) in [5.74, 6) is 0. The highest BCUT2D eigenvalue weighted by Gasteiger charge is 2.46. The van der Waals surface area contributed by atoms with Crippen molar-refractivity contribution in [1.82, 2.24) is 0 Å². The molecule has 0 atom stereocenters. The molecule has 0 amide bonds. The Morgan fingerprint density at radius 2 is 1.50 bits per heavy atom. The summed E-state index contributed by atoms with van der Waals surface area (Å²) < 4.78 is 57.7. The molecule has 7 heteroatoms. The summed E-state index contributed by atoms with van der Waals surface area (Å²) in [5.41, 5.74) is -5.26. The molecule has 0 fully saturated rings. The van der Waals surface area contributed by atoms with E-state index in [4.69, 9.17) is 0 Å². The third-order valence-corrected chi connectivity index (χ3v) is 3.25. The molecule has 0 saturated carbocycles. The molecule has 0 aliphatic rings. The van der Waals surface area contributed by atoms with Crippen molar-refractivity contribution in [2.45, 2.75) is 15.3 Å². The maximum atomic E-state index is 12.0. The van der Waals surface area contributed by atoms with Gasteiger partial charge in [-0.15, -0.1) is 12.6 Å². The van der Waals surface area contributed by atoms with E-state index in [0.717, 1.165) is 12.1 Å². The number of hydrogen-bond acceptors (Lipinski definition) is 3. The van der Waals surface area contributed by atoms with Gasteiger partial charge in [0, 0.05) is 4.90 Å². The quantitative estimate of drug-likeness (QED) is 0.766. The Bertz CT molecular complexity index is 419. The molecule has 0 aliphatic heterocycles. The fourth-order valence-electron chi connectivity index (χ4n) is 0.759. The third kappa shape index (κ3) is 2.03. The molecule has 2 nitrogen and oxygen atoms in total. The van der Waals surface area contributed by atoms with Crippen molar-refractivity contribution in [3.8, 4) is 0 Å². The highest BCUT2D eigenvalue weighted by Crippen LogP contribution is 2.30. The van der Waals surface area contributed by atoms with Gasteiger partial charge in [-0.3, -0.25) is 0 Å². The van der Waals surface area contributed by atoms with Gasteiger partial charge in [0.2, 0.25) is 0 Å². The molecular weight excluding hydrogens is 237 g/mol. The standard InChI is InChI=1S/C7H5F3O2S2/c8-7(9,10)14(11,12)6-3-1-5(13)2-4-6/h1-4,13H. The van der Waals surface area contributed by atoms with Crippen LogP contribution in [0.3, 0.4) is 0 Å². The predicted molar refractivity (Wildman–Crippen MR) is 46.9 cm³/mol. The van der Waals surface area contributed by atoms with Crippen molar-refractivity contribution in [2.24, 2.45) is 0 Å². The summed E-state index contributed by atoms with van der Waals surface area (Å²) in [4.78, 5) is -0.381. The van der Waals surface area contributed by atoms with E-state index in [1.165, 1.54) is 12.1 Å². The van der Waals surface area contributed by atoms with Crippen LogP contribution in [0.25, 0.3) is 0 Å². The molecule has 1 rings (SSSR count). The largest absolute Gasteiger partial charge is 0.501 e. The van der Waals surface area contributed by atoms with Crippen molar-refractivity contribution >= 4 is 22.5 Å². The van der Waals surface area contributed by atoms with Crippen LogP contribution < -0.4 is 0 Å². The second-order valence-corrected chi connectivity index (χ2v) is 4.90. The van der Waals surface area contributed by atoms with Crippen LogP contribution in [0.2, 0.25) is 0 Å². The van der Waals surface area contributed by atoms with Gasteiger partial charge in [0.25, 0.3) is 9.84 Å². The summed E-state index contributed by atoms with van der Waals surface area (Å²) >= 11 is 3.82. The van der Waals surface area contributed by atoms with Crippen LogP contribution >= 0.6 is 12.6 Å². The Balaban J connectivity index is 3.25. The molecule has 0 bridgehead atoms. The minimum atomic E-state index is -5.26. The molecule has 0 aliphatic carbocycles. The van der Waals surface area contributed by atoms with Crippen molar-refractivity contribution < 1.29 is 21.6 Å². The summed E-state index contributed by atoms with van der Waals surface area (Å²) in [7, 11) is -5.23. The first kappa shape index (κ1) is 11.4. The number of halogens is 3. The molecule has 0 unspecified atom stereocenters. The van der Waals surface area contributed by atoms with Gasteiger partial charge < -0.3 is 0 Å². The summed E-state index contributed by atoms with van der Waals surface area (Å²) in [6, 6.07) is 4.10. The number of thiol groups is 1. The Morgan fingerprint density at radius 3 is 1.86 bits per heavy atom. The van der Waals surface area contributed by atoms with Gasteiger partial charge in [-0.1, -0.05) is 0 Å². The SMILES string of the molecule is O=S(=O)(c1ccc(S)cc1)C(F)(F)F. The van der Waals surface area contributed by atoms with Crippen LogP contribution in [-0.4, -0.2) is 13.9 Å². The lowest BCUT2D eigenvalue weighted by atomic mass is 10.4. The van der Waals surface area contributed by atoms with E-state index < -0.39 is 20.2 Å². The number of hydrogen-bond donors (Lipinski definition) is 1. The highest BCUT2D eigenvalue weighted by molar-refractivity contribution is 7.92. The lowest BCUT2D eigenvalue weighted by Gasteiger charge is -2.07. The minimum absolute atomic E-state index is 0.395. The molecule has 0 radical (unpaired) electrons. The average Bonchev–Trinajstić information content (AvgIpc) is 2.03. The number of benzene rings is 1.